The molecule has 18 heavy (non-hydrogen) atoms. The number of aromatic nitrogens is 4. The summed E-state index contributed by atoms with van der Waals surface area (Å²) in [6.45, 7) is 0. The minimum absolute atomic E-state index is 0.0537. The lowest BCUT2D eigenvalue weighted by atomic mass is 10.4. The molecule has 0 fully saturated rings. The highest BCUT2D eigenvalue weighted by atomic mass is 32.2. The Morgan fingerprint density at radius 3 is 2.83 bits per heavy atom. The number of aryl methyl sites for hydroxylation is 1. The molecular formula is C9H10N6O2S. The monoisotopic (exact) mass is 266 g/mol. The second-order valence-electron chi connectivity index (χ2n) is 3.35. The zero-order chi connectivity index (χ0) is 13.1. The molecule has 0 aliphatic carbocycles. The van der Waals surface area contributed by atoms with Crippen LogP contribution < -0.4 is 5.32 Å². The average molecular weight is 266 g/mol. The molecule has 0 unspecified atom stereocenters. The van der Waals surface area contributed by atoms with Gasteiger partial charge in [-0.1, -0.05) is 0 Å². The van der Waals surface area contributed by atoms with E-state index in [9.17, 15) is 10.1 Å². The van der Waals surface area contributed by atoms with Crippen LogP contribution in [0.4, 0.5) is 11.5 Å². The molecular weight excluding hydrogens is 256 g/mol. The topological polar surface area (TPSA) is 98.8 Å². The summed E-state index contributed by atoms with van der Waals surface area (Å²) in [6, 6.07) is 2.97. The number of nitrogens with zero attached hydrogens (tertiary/aromatic N) is 5. The van der Waals surface area contributed by atoms with Crippen LogP contribution in [0.1, 0.15) is 0 Å². The smallest absolute Gasteiger partial charge is 0.301 e. The van der Waals surface area contributed by atoms with Gasteiger partial charge >= 0.3 is 5.69 Å². The highest BCUT2D eigenvalue weighted by molar-refractivity contribution is 7.99. The van der Waals surface area contributed by atoms with Crippen molar-refractivity contribution < 1.29 is 4.92 Å². The predicted octanol–water partition coefficient (Wildman–Crippen LogP) is 1.31. The molecule has 0 amide bonds. The number of nitro groups is 1. The fourth-order valence-corrected chi connectivity index (χ4v) is 2.08. The van der Waals surface area contributed by atoms with E-state index in [2.05, 4.69) is 20.5 Å². The summed E-state index contributed by atoms with van der Waals surface area (Å²) >= 11 is 1.10. The Morgan fingerprint density at radius 2 is 2.28 bits per heavy atom. The number of nitrogens with one attached hydrogen (secondary N) is 1. The molecule has 2 rings (SSSR count). The lowest BCUT2D eigenvalue weighted by molar-refractivity contribution is -0.388. The van der Waals surface area contributed by atoms with E-state index in [1.54, 1.807) is 24.7 Å². The molecule has 0 saturated heterocycles. The molecule has 0 spiro atoms. The number of hydrogen-bond donors (Lipinski definition) is 1. The number of pyridine rings is 1. The van der Waals surface area contributed by atoms with Crippen LogP contribution in [0.25, 0.3) is 0 Å². The molecule has 0 bridgehead atoms. The van der Waals surface area contributed by atoms with Crippen molar-refractivity contribution in [3.63, 3.8) is 0 Å². The van der Waals surface area contributed by atoms with E-state index in [0.29, 0.717) is 11.0 Å². The van der Waals surface area contributed by atoms with Crippen LogP contribution in [0.3, 0.4) is 0 Å². The average Bonchev–Trinajstić information content (AvgIpc) is 2.74. The van der Waals surface area contributed by atoms with Gasteiger partial charge in [0.05, 0.1) is 4.92 Å². The van der Waals surface area contributed by atoms with Gasteiger partial charge in [0.2, 0.25) is 0 Å². The molecule has 0 radical (unpaired) electrons. The maximum Gasteiger partial charge on any atom is 0.301 e. The van der Waals surface area contributed by atoms with Crippen LogP contribution in [-0.4, -0.2) is 31.7 Å². The molecule has 2 aromatic rings. The zero-order valence-corrected chi connectivity index (χ0v) is 10.5. The van der Waals surface area contributed by atoms with Crippen LogP contribution in [-0.2, 0) is 7.05 Å². The lowest BCUT2D eigenvalue weighted by Gasteiger charge is -2.04. The maximum absolute atomic E-state index is 10.9. The van der Waals surface area contributed by atoms with Gasteiger partial charge in [0.1, 0.15) is 12.1 Å². The molecule has 0 aliphatic heterocycles. The first-order valence-corrected chi connectivity index (χ1v) is 5.78. The summed E-state index contributed by atoms with van der Waals surface area (Å²) in [5.41, 5.74) is -0.0537. The molecule has 9 heteroatoms. The van der Waals surface area contributed by atoms with Gasteiger partial charge in [-0.15, -0.1) is 10.2 Å². The normalized spacial score (nSPS) is 10.3. The highest BCUT2D eigenvalue weighted by Gasteiger charge is 2.19. The van der Waals surface area contributed by atoms with E-state index < -0.39 is 4.92 Å². The van der Waals surface area contributed by atoms with Gasteiger partial charge in [0.15, 0.2) is 10.2 Å². The van der Waals surface area contributed by atoms with Gasteiger partial charge < -0.3 is 9.88 Å². The zero-order valence-electron chi connectivity index (χ0n) is 9.69. The fraction of sp³-hybridized carbons (Fsp3) is 0.222. The first-order chi connectivity index (χ1) is 8.61. The molecule has 0 aromatic carbocycles. The van der Waals surface area contributed by atoms with Gasteiger partial charge in [0, 0.05) is 20.2 Å². The molecule has 0 atom stereocenters. The van der Waals surface area contributed by atoms with Crippen molar-refractivity contribution in [1.82, 2.24) is 19.7 Å². The van der Waals surface area contributed by atoms with Gasteiger partial charge in [0.25, 0.3) is 0 Å². The van der Waals surface area contributed by atoms with E-state index in [0.717, 1.165) is 11.8 Å². The Hall–Kier alpha value is -2.16. The van der Waals surface area contributed by atoms with Gasteiger partial charge in [-0.2, -0.15) is 0 Å². The predicted molar refractivity (Wildman–Crippen MR) is 65.6 cm³/mol. The molecule has 2 heterocycles. The molecule has 1 N–H and O–H groups in total. The summed E-state index contributed by atoms with van der Waals surface area (Å²) in [5.74, 6) is 0.560. The Morgan fingerprint density at radius 1 is 1.50 bits per heavy atom. The van der Waals surface area contributed by atoms with Crippen molar-refractivity contribution in [3.8, 4) is 0 Å². The van der Waals surface area contributed by atoms with Gasteiger partial charge in [-0.3, -0.25) is 10.1 Å². The minimum atomic E-state index is -0.467. The van der Waals surface area contributed by atoms with E-state index in [-0.39, 0.29) is 10.7 Å². The van der Waals surface area contributed by atoms with E-state index >= 15 is 0 Å². The van der Waals surface area contributed by atoms with E-state index in [4.69, 9.17) is 0 Å². The SMILES string of the molecule is CNc1ccc([N+](=O)[O-])c(Sc2nncn2C)n1. The van der Waals surface area contributed by atoms with Crippen molar-refractivity contribution in [1.29, 1.82) is 0 Å². The lowest BCUT2D eigenvalue weighted by Crippen LogP contribution is -1.99. The Labute approximate surface area is 107 Å². The molecule has 8 nitrogen and oxygen atoms in total. The summed E-state index contributed by atoms with van der Waals surface area (Å²) in [7, 11) is 3.46. The molecule has 0 saturated carbocycles. The minimum Gasteiger partial charge on any atom is -0.373 e. The van der Waals surface area contributed by atoms with Crippen molar-refractivity contribution in [2.24, 2.45) is 7.05 Å². The quantitative estimate of drug-likeness (QED) is 0.658. The molecule has 2 aromatic heterocycles. The van der Waals surface area contributed by atoms with Gasteiger partial charge in [-0.05, 0) is 17.8 Å². The second-order valence-corrected chi connectivity index (χ2v) is 4.31. The summed E-state index contributed by atoms with van der Waals surface area (Å²) < 4.78 is 1.67. The highest BCUT2D eigenvalue weighted by Crippen LogP contribution is 2.32. The van der Waals surface area contributed by atoms with E-state index in [1.807, 2.05) is 0 Å². The molecule has 0 aliphatic rings. The standard InChI is InChI=1S/C9H10N6O2S/c1-10-7-4-3-6(15(16)17)8(12-7)18-9-13-11-5-14(9)2/h3-5H,1-2H3,(H,10,12). The number of hydrogen-bond acceptors (Lipinski definition) is 7. The van der Waals surface area contributed by atoms with Crippen LogP contribution in [0.5, 0.6) is 0 Å². The first kappa shape index (κ1) is 12.3. The van der Waals surface area contributed by atoms with Crippen LogP contribution in [0.2, 0.25) is 0 Å². The van der Waals surface area contributed by atoms with Crippen molar-refractivity contribution in [2.75, 3.05) is 12.4 Å². The van der Waals surface area contributed by atoms with Crippen molar-refractivity contribution >= 4 is 23.3 Å². The van der Waals surface area contributed by atoms with Gasteiger partial charge in [-0.25, -0.2) is 4.98 Å². The third-order valence-corrected chi connectivity index (χ3v) is 3.20. The largest absolute Gasteiger partial charge is 0.373 e. The number of anilines is 1. The Kier molecular flexibility index (Phi) is 3.42. The Bertz CT molecular complexity index is 584. The summed E-state index contributed by atoms with van der Waals surface area (Å²) in [6.07, 6.45) is 1.52. The third kappa shape index (κ3) is 2.40. The van der Waals surface area contributed by atoms with Crippen molar-refractivity contribution in [2.45, 2.75) is 10.2 Å². The maximum atomic E-state index is 10.9. The van der Waals surface area contributed by atoms with Crippen molar-refractivity contribution in [3.05, 3.63) is 28.6 Å². The van der Waals surface area contributed by atoms with Crippen LogP contribution in [0.15, 0.2) is 28.6 Å². The Balaban J connectivity index is 2.41. The van der Waals surface area contributed by atoms with Crippen LogP contribution >= 0.6 is 11.8 Å². The van der Waals surface area contributed by atoms with E-state index in [1.165, 1.54) is 12.4 Å². The van der Waals surface area contributed by atoms with Crippen LogP contribution in [0, 0.1) is 10.1 Å². The fourth-order valence-electron chi connectivity index (χ4n) is 1.24. The molecule has 94 valence electrons. The third-order valence-electron chi connectivity index (χ3n) is 2.15. The summed E-state index contributed by atoms with van der Waals surface area (Å²) in [4.78, 5) is 14.6. The summed E-state index contributed by atoms with van der Waals surface area (Å²) in [5, 5.41) is 22.2. The number of rotatable bonds is 4. The first-order valence-electron chi connectivity index (χ1n) is 4.97. The second kappa shape index (κ2) is 5.00.